The van der Waals surface area contributed by atoms with Gasteiger partial charge >= 0.3 is 12.1 Å². The van der Waals surface area contributed by atoms with Crippen LogP contribution in [-0.2, 0) is 4.79 Å². The Morgan fingerprint density at radius 1 is 1.17 bits per heavy atom. The van der Waals surface area contributed by atoms with Gasteiger partial charge < -0.3 is 10.2 Å². The molecule has 5 nitrogen and oxygen atoms in total. The molecule has 1 fully saturated rings. The highest BCUT2D eigenvalue weighted by Crippen LogP contribution is 2.32. The summed E-state index contributed by atoms with van der Waals surface area (Å²) >= 11 is 0. The van der Waals surface area contributed by atoms with Crippen molar-refractivity contribution < 1.29 is 18.0 Å². The van der Waals surface area contributed by atoms with Crippen LogP contribution in [0.5, 0.6) is 0 Å². The maximum absolute atomic E-state index is 12.6. The maximum Gasteiger partial charge on any atom is 0.471 e. The van der Waals surface area contributed by atoms with Gasteiger partial charge in [0.1, 0.15) is 11.6 Å². The van der Waals surface area contributed by atoms with E-state index in [0.717, 1.165) is 21.7 Å². The summed E-state index contributed by atoms with van der Waals surface area (Å²) in [6, 6.07) is 7.83. The van der Waals surface area contributed by atoms with Crippen LogP contribution in [0.1, 0.15) is 55.3 Å². The molecule has 1 saturated heterocycles. The molecule has 156 valence electrons. The van der Waals surface area contributed by atoms with Crippen LogP contribution in [0.3, 0.4) is 0 Å². The van der Waals surface area contributed by atoms with Gasteiger partial charge in [-0.15, -0.1) is 0 Å². The predicted octanol–water partition coefficient (Wildman–Crippen LogP) is 4.92. The van der Waals surface area contributed by atoms with Gasteiger partial charge in [0, 0.05) is 25.0 Å². The number of carbonyl (C=O) groups is 1. The number of likely N-dealkylation sites (tertiary alicyclic amines) is 1. The molecule has 3 rings (SSSR count). The van der Waals surface area contributed by atoms with Crippen molar-refractivity contribution in [3.05, 3.63) is 47.3 Å². The van der Waals surface area contributed by atoms with Crippen molar-refractivity contribution in [3.63, 3.8) is 0 Å². The number of aromatic nitrogens is 2. The van der Waals surface area contributed by atoms with Gasteiger partial charge in [0.05, 0.1) is 0 Å². The van der Waals surface area contributed by atoms with Crippen LogP contribution in [0, 0.1) is 6.92 Å². The van der Waals surface area contributed by atoms with Crippen molar-refractivity contribution in [3.8, 4) is 0 Å². The Balaban J connectivity index is 1.72. The Morgan fingerprint density at radius 2 is 1.86 bits per heavy atom. The van der Waals surface area contributed by atoms with Crippen LogP contribution >= 0.6 is 0 Å². The zero-order valence-corrected chi connectivity index (χ0v) is 16.8. The first-order valence-electron chi connectivity index (χ1n) is 9.71. The van der Waals surface area contributed by atoms with E-state index < -0.39 is 12.1 Å². The fourth-order valence-electron chi connectivity index (χ4n) is 3.60. The molecule has 3 heterocycles. The lowest BCUT2D eigenvalue weighted by molar-refractivity contribution is -0.186. The quantitative estimate of drug-likeness (QED) is 0.783. The molecule has 0 atom stereocenters. The lowest BCUT2D eigenvalue weighted by Crippen LogP contribution is -2.45. The SMILES string of the molecule is Cc1cc(C2CCN(C(=O)C(F)(F)F)CC2)cc(Nc2cc(C(C)C)ccn2)n1. The van der Waals surface area contributed by atoms with Gasteiger partial charge in [-0.25, -0.2) is 9.97 Å². The summed E-state index contributed by atoms with van der Waals surface area (Å²) in [6.45, 7) is 6.31. The Hall–Kier alpha value is -2.64. The second kappa shape index (κ2) is 8.39. The van der Waals surface area contributed by atoms with E-state index in [0.29, 0.717) is 30.4 Å². The standard InChI is InChI=1S/C21H25F3N4O/c1-13(2)16-4-7-25-18(11-16)27-19-12-17(10-14(3)26-19)15-5-8-28(9-6-15)20(29)21(22,23)24/h4,7,10-13,15H,5-6,8-9H2,1-3H3,(H,25,26,27). The Bertz CT molecular complexity index is 874. The van der Waals surface area contributed by atoms with Gasteiger partial charge in [0.25, 0.3) is 0 Å². The van der Waals surface area contributed by atoms with Gasteiger partial charge in [0.2, 0.25) is 0 Å². The third kappa shape index (κ3) is 5.25. The largest absolute Gasteiger partial charge is 0.471 e. The topological polar surface area (TPSA) is 58.1 Å². The van der Waals surface area contributed by atoms with E-state index in [1.165, 1.54) is 0 Å². The molecule has 2 aromatic heterocycles. The first-order chi connectivity index (χ1) is 13.6. The Morgan fingerprint density at radius 3 is 2.48 bits per heavy atom. The third-order valence-electron chi connectivity index (χ3n) is 5.18. The highest BCUT2D eigenvalue weighted by molar-refractivity contribution is 5.81. The normalized spacial score (nSPS) is 15.6. The number of piperidine rings is 1. The Labute approximate surface area is 168 Å². The van der Waals surface area contributed by atoms with E-state index in [1.807, 2.05) is 31.2 Å². The molecular formula is C21H25F3N4O. The number of nitrogens with zero attached hydrogens (tertiary/aromatic N) is 3. The molecule has 8 heteroatoms. The number of alkyl halides is 3. The molecule has 29 heavy (non-hydrogen) atoms. The number of hydrogen-bond donors (Lipinski definition) is 1. The molecule has 0 bridgehead atoms. The van der Waals surface area contributed by atoms with Crippen LogP contribution in [-0.4, -0.2) is 40.0 Å². The molecule has 1 N–H and O–H groups in total. The number of aryl methyl sites for hydroxylation is 1. The van der Waals surface area contributed by atoms with Gasteiger partial charge in [-0.05, 0) is 67.0 Å². The first kappa shape index (κ1) is 21.1. The number of pyridine rings is 2. The van der Waals surface area contributed by atoms with E-state index in [-0.39, 0.29) is 19.0 Å². The minimum absolute atomic E-state index is 0.0875. The Kier molecular flexibility index (Phi) is 6.10. The molecule has 0 saturated carbocycles. The van der Waals surface area contributed by atoms with Gasteiger partial charge in [0.15, 0.2) is 0 Å². The molecule has 0 spiro atoms. The van der Waals surface area contributed by atoms with Crippen molar-refractivity contribution in [2.45, 2.75) is 51.6 Å². The summed E-state index contributed by atoms with van der Waals surface area (Å²) in [7, 11) is 0. The highest BCUT2D eigenvalue weighted by atomic mass is 19.4. The van der Waals surface area contributed by atoms with E-state index >= 15 is 0 Å². The van der Waals surface area contributed by atoms with Gasteiger partial charge in [-0.3, -0.25) is 4.79 Å². The minimum Gasteiger partial charge on any atom is -0.335 e. The van der Waals surface area contributed by atoms with Crippen molar-refractivity contribution in [2.24, 2.45) is 0 Å². The number of nitrogens with one attached hydrogen (secondary N) is 1. The molecule has 0 aliphatic carbocycles. The zero-order valence-electron chi connectivity index (χ0n) is 16.8. The number of amides is 1. The zero-order chi connectivity index (χ0) is 21.2. The van der Waals surface area contributed by atoms with Crippen molar-refractivity contribution >= 4 is 17.5 Å². The summed E-state index contributed by atoms with van der Waals surface area (Å²) < 4.78 is 37.9. The monoisotopic (exact) mass is 406 g/mol. The molecule has 1 aliphatic heterocycles. The first-order valence-corrected chi connectivity index (χ1v) is 9.71. The van der Waals surface area contributed by atoms with E-state index in [4.69, 9.17) is 0 Å². The number of rotatable bonds is 4. The summed E-state index contributed by atoms with van der Waals surface area (Å²) in [6.07, 6.45) is -2.08. The second-order valence-corrected chi connectivity index (χ2v) is 7.75. The molecule has 0 unspecified atom stereocenters. The average molecular weight is 406 g/mol. The van der Waals surface area contributed by atoms with E-state index in [9.17, 15) is 18.0 Å². The van der Waals surface area contributed by atoms with Crippen LogP contribution < -0.4 is 5.32 Å². The summed E-state index contributed by atoms with van der Waals surface area (Å²) in [5.41, 5.74) is 3.00. The van der Waals surface area contributed by atoms with Crippen molar-refractivity contribution in [2.75, 3.05) is 18.4 Å². The number of anilines is 2. The van der Waals surface area contributed by atoms with Gasteiger partial charge in [-0.2, -0.15) is 13.2 Å². The summed E-state index contributed by atoms with van der Waals surface area (Å²) in [5, 5.41) is 3.23. The van der Waals surface area contributed by atoms with Crippen molar-refractivity contribution in [1.82, 2.24) is 14.9 Å². The maximum atomic E-state index is 12.6. The third-order valence-corrected chi connectivity index (χ3v) is 5.18. The summed E-state index contributed by atoms with van der Waals surface area (Å²) in [4.78, 5) is 21.2. The van der Waals surface area contributed by atoms with Crippen LogP contribution in [0.15, 0.2) is 30.5 Å². The van der Waals surface area contributed by atoms with Crippen LogP contribution in [0.2, 0.25) is 0 Å². The van der Waals surface area contributed by atoms with Crippen LogP contribution in [0.25, 0.3) is 0 Å². The lowest BCUT2D eigenvalue weighted by Gasteiger charge is -2.32. The highest BCUT2D eigenvalue weighted by Gasteiger charge is 2.43. The van der Waals surface area contributed by atoms with Gasteiger partial charge in [-0.1, -0.05) is 13.8 Å². The predicted molar refractivity (Wildman–Crippen MR) is 105 cm³/mol. The summed E-state index contributed by atoms with van der Waals surface area (Å²) in [5.74, 6) is 0.0713. The molecular weight excluding hydrogens is 381 g/mol. The number of carbonyl (C=O) groups excluding carboxylic acids is 1. The fraction of sp³-hybridized carbons (Fsp3) is 0.476. The lowest BCUT2D eigenvalue weighted by atomic mass is 9.89. The molecule has 0 aromatic carbocycles. The van der Waals surface area contributed by atoms with Crippen LogP contribution in [0.4, 0.5) is 24.8 Å². The van der Waals surface area contributed by atoms with E-state index in [1.54, 1.807) is 6.20 Å². The van der Waals surface area contributed by atoms with E-state index in [2.05, 4.69) is 29.1 Å². The second-order valence-electron chi connectivity index (χ2n) is 7.75. The number of halogens is 3. The van der Waals surface area contributed by atoms with Crippen molar-refractivity contribution in [1.29, 1.82) is 0 Å². The molecule has 1 aliphatic rings. The smallest absolute Gasteiger partial charge is 0.335 e. The molecule has 2 aromatic rings. The minimum atomic E-state index is -4.81. The molecule has 1 amide bonds. The fourth-order valence-corrected chi connectivity index (χ4v) is 3.60. The molecule has 0 radical (unpaired) electrons. The number of hydrogen-bond acceptors (Lipinski definition) is 4. The average Bonchev–Trinajstić information content (AvgIpc) is 2.66.